The number of rotatable bonds is 7. The highest BCUT2D eigenvalue weighted by molar-refractivity contribution is 5.68. The van der Waals surface area contributed by atoms with E-state index in [9.17, 15) is 0 Å². The highest BCUT2D eigenvalue weighted by Gasteiger charge is 2.30. The van der Waals surface area contributed by atoms with Crippen LogP contribution in [0.3, 0.4) is 0 Å². The van der Waals surface area contributed by atoms with Gasteiger partial charge in [-0.3, -0.25) is 0 Å². The van der Waals surface area contributed by atoms with Crippen molar-refractivity contribution in [2.24, 2.45) is 16.1 Å². The van der Waals surface area contributed by atoms with Gasteiger partial charge in [-0.1, -0.05) is 54.6 Å². The summed E-state index contributed by atoms with van der Waals surface area (Å²) >= 11 is 0. The van der Waals surface area contributed by atoms with Crippen molar-refractivity contribution in [1.82, 2.24) is 10.2 Å². The first-order valence-electron chi connectivity index (χ1n) is 8.63. The fourth-order valence-electron chi connectivity index (χ4n) is 3.34. The smallest absolute Gasteiger partial charge is 0.102 e. The van der Waals surface area contributed by atoms with Crippen LogP contribution in [0.15, 0.2) is 64.8 Å². The third-order valence-corrected chi connectivity index (χ3v) is 4.62. The van der Waals surface area contributed by atoms with Crippen molar-refractivity contribution in [1.29, 1.82) is 0 Å². The first kappa shape index (κ1) is 16.8. The summed E-state index contributed by atoms with van der Waals surface area (Å²) in [6.45, 7) is 3.88. The number of hydrogen-bond acceptors (Lipinski definition) is 4. The summed E-state index contributed by atoms with van der Waals surface area (Å²) in [5.74, 6) is 0.441. The Balaban J connectivity index is 1.82. The maximum Gasteiger partial charge on any atom is 0.102 e. The summed E-state index contributed by atoms with van der Waals surface area (Å²) in [6, 6.07) is 19.3. The van der Waals surface area contributed by atoms with Gasteiger partial charge < -0.3 is 10.2 Å². The van der Waals surface area contributed by atoms with Crippen LogP contribution in [0.2, 0.25) is 0 Å². The molecule has 2 aromatic carbocycles. The van der Waals surface area contributed by atoms with Gasteiger partial charge in [-0.25, -0.2) is 0 Å². The van der Waals surface area contributed by atoms with Crippen LogP contribution in [0.1, 0.15) is 11.6 Å². The Morgan fingerprint density at radius 1 is 1.08 bits per heavy atom. The molecule has 2 aromatic rings. The lowest BCUT2D eigenvalue weighted by molar-refractivity contribution is 0.272. The van der Waals surface area contributed by atoms with Crippen molar-refractivity contribution >= 4 is 0 Å². The van der Waals surface area contributed by atoms with Gasteiger partial charge in [0.25, 0.3) is 0 Å². The maximum atomic E-state index is 4.59. The fraction of sp³-hybridized carbons (Fsp3) is 0.400. The molecular formula is C20H26N4. The Kier molecular flexibility index (Phi) is 5.72. The number of hydrogen-bond donors (Lipinski definition) is 1. The molecule has 0 radical (unpaired) electrons. The molecule has 24 heavy (non-hydrogen) atoms. The van der Waals surface area contributed by atoms with E-state index in [0.29, 0.717) is 5.92 Å². The van der Waals surface area contributed by atoms with Crippen LogP contribution in [0.5, 0.6) is 0 Å². The van der Waals surface area contributed by atoms with Gasteiger partial charge in [-0.05, 0) is 30.8 Å². The molecule has 0 fully saturated rings. The minimum absolute atomic E-state index is 0.151. The Morgan fingerprint density at radius 2 is 1.83 bits per heavy atom. The van der Waals surface area contributed by atoms with Gasteiger partial charge in [-0.15, -0.1) is 0 Å². The third kappa shape index (κ3) is 3.89. The number of nitrogens with zero attached hydrogens (tertiary/aromatic N) is 3. The molecule has 0 saturated carbocycles. The van der Waals surface area contributed by atoms with Crippen molar-refractivity contribution in [2.75, 3.05) is 40.3 Å². The second kappa shape index (κ2) is 8.18. The van der Waals surface area contributed by atoms with E-state index in [2.05, 4.69) is 82.1 Å². The molecule has 4 heteroatoms. The normalized spacial score (nSPS) is 20.0. The van der Waals surface area contributed by atoms with Gasteiger partial charge in [-0.2, -0.15) is 10.2 Å². The van der Waals surface area contributed by atoms with E-state index in [1.165, 1.54) is 16.7 Å². The monoisotopic (exact) mass is 322 g/mol. The van der Waals surface area contributed by atoms with E-state index in [1.807, 2.05) is 7.05 Å². The van der Waals surface area contributed by atoms with Crippen molar-refractivity contribution < 1.29 is 0 Å². The summed E-state index contributed by atoms with van der Waals surface area (Å²) in [5.41, 5.74) is 3.81. The van der Waals surface area contributed by atoms with E-state index in [-0.39, 0.29) is 6.04 Å². The summed E-state index contributed by atoms with van der Waals surface area (Å²) < 4.78 is 0. The summed E-state index contributed by atoms with van der Waals surface area (Å²) in [7, 11) is 4.17. The lowest BCUT2D eigenvalue weighted by atomic mass is 9.88. The predicted octanol–water partition coefficient (Wildman–Crippen LogP) is 3.63. The Bertz CT molecular complexity index is 668. The van der Waals surface area contributed by atoms with Crippen molar-refractivity contribution in [3.63, 3.8) is 0 Å². The Morgan fingerprint density at radius 3 is 2.62 bits per heavy atom. The fourth-order valence-corrected chi connectivity index (χ4v) is 3.34. The zero-order valence-electron chi connectivity index (χ0n) is 14.5. The highest BCUT2D eigenvalue weighted by Crippen LogP contribution is 2.37. The quantitative estimate of drug-likeness (QED) is 0.845. The van der Waals surface area contributed by atoms with Gasteiger partial charge >= 0.3 is 0 Å². The average molecular weight is 322 g/mol. The molecule has 0 spiro atoms. The molecule has 0 aliphatic carbocycles. The molecule has 2 unspecified atom stereocenters. The maximum absolute atomic E-state index is 4.59. The molecule has 1 N–H and O–H groups in total. The average Bonchev–Trinajstić information content (AvgIpc) is 3.08. The SMILES string of the molecule is CNCCN(C)CC1CN=NC1c1ccccc1-c1ccccc1. The molecule has 4 nitrogen and oxygen atoms in total. The molecule has 1 aliphatic heterocycles. The topological polar surface area (TPSA) is 40.0 Å². The van der Waals surface area contributed by atoms with E-state index in [1.54, 1.807) is 0 Å². The number of azo groups is 1. The Hall–Kier alpha value is -2.04. The molecule has 3 rings (SSSR count). The second-order valence-corrected chi connectivity index (χ2v) is 6.46. The lowest BCUT2D eigenvalue weighted by Gasteiger charge is -2.25. The molecule has 126 valence electrons. The largest absolute Gasteiger partial charge is 0.318 e. The third-order valence-electron chi connectivity index (χ3n) is 4.62. The van der Waals surface area contributed by atoms with Crippen LogP contribution in [-0.2, 0) is 0 Å². The standard InChI is InChI=1S/C20H26N4/c1-21-12-13-24(2)15-17-14-22-23-20(17)19-11-7-6-10-18(19)16-8-4-3-5-9-16/h3-11,17,20-21H,12-15H2,1-2H3. The van der Waals surface area contributed by atoms with Gasteiger partial charge in [0.05, 0.1) is 6.54 Å². The van der Waals surface area contributed by atoms with E-state index >= 15 is 0 Å². The predicted molar refractivity (Wildman–Crippen MR) is 99.3 cm³/mol. The van der Waals surface area contributed by atoms with E-state index in [0.717, 1.165) is 26.2 Å². The number of likely N-dealkylation sites (N-methyl/N-ethyl adjacent to an activating group) is 2. The van der Waals surface area contributed by atoms with Gasteiger partial charge in [0, 0.05) is 25.6 Å². The number of nitrogens with one attached hydrogen (secondary N) is 1. The van der Waals surface area contributed by atoms with Crippen LogP contribution < -0.4 is 5.32 Å². The first-order valence-corrected chi connectivity index (χ1v) is 8.63. The molecular weight excluding hydrogens is 296 g/mol. The van der Waals surface area contributed by atoms with Crippen LogP contribution in [0, 0.1) is 5.92 Å². The molecule has 0 aromatic heterocycles. The van der Waals surface area contributed by atoms with Crippen LogP contribution in [-0.4, -0.2) is 45.2 Å². The van der Waals surface area contributed by atoms with Crippen LogP contribution in [0.4, 0.5) is 0 Å². The molecule has 0 amide bonds. The van der Waals surface area contributed by atoms with Gasteiger partial charge in [0.15, 0.2) is 0 Å². The lowest BCUT2D eigenvalue weighted by Crippen LogP contribution is -2.33. The van der Waals surface area contributed by atoms with Crippen molar-refractivity contribution in [2.45, 2.75) is 6.04 Å². The van der Waals surface area contributed by atoms with E-state index in [4.69, 9.17) is 0 Å². The molecule has 1 heterocycles. The van der Waals surface area contributed by atoms with E-state index < -0.39 is 0 Å². The highest BCUT2D eigenvalue weighted by atomic mass is 15.2. The summed E-state index contributed by atoms with van der Waals surface area (Å²) in [5, 5.41) is 12.2. The van der Waals surface area contributed by atoms with Gasteiger partial charge in [0.1, 0.15) is 6.04 Å². The molecule has 1 aliphatic rings. The van der Waals surface area contributed by atoms with Crippen molar-refractivity contribution in [3.05, 3.63) is 60.2 Å². The minimum Gasteiger partial charge on any atom is -0.318 e. The zero-order valence-corrected chi connectivity index (χ0v) is 14.5. The minimum atomic E-state index is 0.151. The summed E-state index contributed by atoms with van der Waals surface area (Å²) in [4.78, 5) is 2.37. The second-order valence-electron chi connectivity index (χ2n) is 6.46. The molecule has 2 atom stereocenters. The Labute approximate surface area is 144 Å². The van der Waals surface area contributed by atoms with Crippen molar-refractivity contribution in [3.8, 4) is 11.1 Å². The van der Waals surface area contributed by atoms with Crippen LogP contribution in [0.25, 0.3) is 11.1 Å². The summed E-state index contributed by atoms with van der Waals surface area (Å²) in [6.07, 6.45) is 0. The molecule has 0 bridgehead atoms. The zero-order chi connectivity index (χ0) is 16.8. The van der Waals surface area contributed by atoms with Crippen LogP contribution >= 0.6 is 0 Å². The number of benzene rings is 2. The first-order chi connectivity index (χ1) is 11.8. The molecule has 0 saturated heterocycles. The van der Waals surface area contributed by atoms with Gasteiger partial charge in [0.2, 0.25) is 0 Å².